The third-order valence-corrected chi connectivity index (χ3v) is 4.56. The highest BCUT2D eigenvalue weighted by atomic mass is 35.5. The van der Waals surface area contributed by atoms with Crippen LogP contribution in [0.15, 0.2) is 47.5 Å². The van der Waals surface area contributed by atoms with Gasteiger partial charge in [0.25, 0.3) is 0 Å². The zero-order valence-corrected chi connectivity index (χ0v) is 12.3. The lowest BCUT2D eigenvalue weighted by molar-refractivity contribution is 0.567. The first-order valence-corrected chi connectivity index (χ1v) is 7.74. The second kappa shape index (κ2) is 5.78. The average Bonchev–Trinajstić information content (AvgIpc) is 2.39. The molecule has 2 rings (SSSR count). The summed E-state index contributed by atoms with van der Waals surface area (Å²) in [6, 6.07) is 9.31. The Balaban J connectivity index is 2.22. The summed E-state index contributed by atoms with van der Waals surface area (Å²) in [5.41, 5.74) is 6.32. The van der Waals surface area contributed by atoms with Gasteiger partial charge in [0.15, 0.2) is 0 Å². The Hall–Kier alpha value is -1.63. The van der Waals surface area contributed by atoms with Gasteiger partial charge in [-0.3, -0.25) is 0 Å². The molecule has 1 heterocycles. The molecule has 0 fully saturated rings. The minimum Gasteiger partial charge on any atom is -0.384 e. The SMILES string of the molecule is CC(NS(=O)(=O)c1ccnc(N)c1)c1ccc(Cl)cc1. The summed E-state index contributed by atoms with van der Waals surface area (Å²) >= 11 is 5.80. The molecule has 0 saturated carbocycles. The minimum atomic E-state index is -3.64. The van der Waals surface area contributed by atoms with Crippen molar-refractivity contribution in [3.8, 4) is 0 Å². The molecule has 0 aliphatic heterocycles. The summed E-state index contributed by atoms with van der Waals surface area (Å²) in [6.07, 6.45) is 1.36. The molecule has 7 heteroatoms. The van der Waals surface area contributed by atoms with Crippen molar-refractivity contribution in [2.24, 2.45) is 0 Å². The molecule has 1 aromatic carbocycles. The number of rotatable bonds is 4. The molecule has 1 aromatic heterocycles. The molecule has 3 N–H and O–H groups in total. The molecule has 106 valence electrons. The van der Waals surface area contributed by atoms with Gasteiger partial charge in [0.1, 0.15) is 5.82 Å². The Morgan fingerprint density at radius 2 is 1.90 bits per heavy atom. The number of hydrogen-bond acceptors (Lipinski definition) is 4. The van der Waals surface area contributed by atoms with Crippen molar-refractivity contribution in [3.63, 3.8) is 0 Å². The number of benzene rings is 1. The third kappa shape index (κ3) is 3.47. The van der Waals surface area contributed by atoms with Crippen LogP contribution in [0.4, 0.5) is 5.82 Å². The van der Waals surface area contributed by atoms with Crippen molar-refractivity contribution in [3.05, 3.63) is 53.2 Å². The van der Waals surface area contributed by atoms with Gasteiger partial charge in [0.05, 0.1) is 4.90 Å². The van der Waals surface area contributed by atoms with Crippen LogP contribution in [0.1, 0.15) is 18.5 Å². The standard InChI is InChI=1S/C13H14ClN3O2S/c1-9(10-2-4-11(14)5-3-10)17-20(18,19)12-6-7-16-13(15)8-12/h2-9,17H,1H3,(H2,15,16). The molecule has 0 aliphatic rings. The average molecular weight is 312 g/mol. The number of nitrogens with one attached hydrogen (secondary N) is 1. The predicted octanol–water partition coefficient (Wildman–Crippen LogP) is 2.36. The fraction of sp³-hybridized carbons (Fsp3) is 0.154. The number of anilines is 1. The van der Waals surface area contributed by atoms with Crippen LogP contribution in [0, 0.1) is 0 Å². The quantitative estimate of drug-likeness (QED) is 0.907. The van der Waals surface area contributed by atoms with E-state index in [-0.39, 0.29) is 16.8 Å². The monoisotopic (exact) mass is 311 g/mol. The molecule has 20 heavy (non-hydrogen) atoms. The lowest BCUT2D eigenvalue weighted by atomic mass is 10.1. The Kier molecular flexibility index (Phi) is 4.27. The van der Waals surface area contributed by atoms with E-state index in [1.165, 1.54) is 18.3 Å². The molecule has 0 spiro atoms. The number of nitrogen functional groups attached to an aromatic ring is 1. The van der Waals surface area contributed by atoms with Gasteiger partial charge < -0.3 is 5.73 Å². The molecule has 5 nitrogen and oxygen atoms in total. The zero-order chi connectivity index (χ0) is 14.8. The zero-order valence-electron chi connectivity index (χ0n) is 10.7. The van der Waals surface area contributed by atoms with Gasteiger partial charge in [-0.2, -0.15) is 0 Å². The summed E-state index contributed by atoms with van der Waals surface area (Å²) in [6.45, 7) is 1.76. The van der Waals surface area contributed by atoms with Crippen molar-refractivity contribution in [2.75, 3.05) is 5.73 Å². The van der Waals surface area contributed by atoms with Crippen LogP contribution in [-0.4, -0.2) is 13.4 Å². The maximum Gasteiger partial charge on any atom is 0.241 e. The Morgan fingerprint density at radius 3 is 2.50 bits per heavy atom. The van der Waals surface area contributed by atoms with E-state index in [1.54, 1.807) is 31.2 Å². The molecule has 1 unspecified atom stereocenters. The molecular formula is C13H14ClN3O2S. The van der Waals surface area contributed by atoms with Gasteiger partial charge in [0, 0.05) is 23.3 Å². The normalized spacial score (nSPS) is 13.1. The van der Waals surface area contributed by atoms with Crippen LogP contribution in [0.2, 0.25) is 5.02 Å². The molecule has 0 saturated heterocycles. The van der Waals surface area contributed by atoms with Crippen molar-refractivity contribution in [1.82, 2.24) is 9.71 Å². The summed E-state index contributed by atoms with van der Waals surface area (Å²) in [5, 5.41) is 0.603. The van der Waals surface area contributed by atoms with E-state index in [2.05, 4.69) is 9.71 Å². The van der Waals surface area contributed by atoms with Gasteiger partial charge in [0.2, 0.25) is 10.0 Å². The van der Waals surface area contributed by atoms with Gasteiger partial charge >= 0.3 is 0 Å². The van der Waals surface area contributed by atoms with E-state index < -0.39 is 10.0 Å². The predicted molar refractivity (Wildman–Crippen MR) is 78.8 cm³/mol. The first kappa shape index (κ1) is 14.8. The first-order chi connectivity index (χ1) is 9.38. The maximum atomic E-state index is 12.2. The lowest BCUT2D eigenvalue weighted by Crippen LogP contribution is -2.27. The van der Waals surface area contributed by atoms with Crippen LogP contribution in [-0.2, 0) is 10.0 Å². The van der Waals surface area contributed by atoms with Gasteiger partial charge in [-0.25, -0.2) is 18.1 Å². The molecule has 1 atom stereocenters. The highest BCUT2D eigenvalue weighted by Crippen LogP contribution is 2.19. The number of aromatic nitrogens is 1. The summed E-state index contributed by atoms with van der Waals surface area (Å²) in [5.74, 6) is 0.159. The number of halogens is 1. The Labute approximate surface area is 122 Å². The van der Waals surface area contributed by atoms with Crippen molar-refractivity contribution >= 4 is 27.4 Å². The fourth-order valence-electron chi connectivity index (χ4n) is 1.72. The fourth-order valence-corrected chi connectivity index (χ4v) is 3.09. The Morgan fingerprint density at radius 1 is 1.25 bits per heavy atom. The molecule has 0 radical (unpaired) electrons. The molecule has 0 aliphatic carbocycles. The van der Waals surface area contributed by atoms with Gasteiger partial charge in [-0.05, 0) is 30.7 Å². The highest BCUT2D eigenvalue weighted by molar-refractivity contribution is 7.89. The van der Waals surface area contributed by atoms with E-state index >= 15 is 0 Å². The van der Waals surface area contributed by atoms with Crippen molar-refractivity contribution in [1.29, 1.82) is 0 Å². The summed E-state index contributed by atoms with van der Waals surface area (Å²) < 4.78 is 27.0. The van der Waals surface area contributed by atoms with Crippen LogP contribution >= 0.6 is 11.6 Å². The number of pyridine rings is 1. The first-order valence-electron chi connectivity index (χ1n) is 5.88. The van der Waals surface area contributed by atoms with E-state index in [4.69, 9.17) is 17.3 Å². The number of sulfonamides is 1. The Bertz CT molecular complexity index is 702. The molecule has 0 bridgehead atoms. The lowest BCUT2D eigenvalue weighted by Gasteiger charge is -2.14. The van der Waals surface area contributed by atoms with E-state index in [0.717, 1.165) is 5.56 Å². The summed E-state index contributed by atoms with van der Waals surface area (Å²) in [4.78, 5) is 3.86. The number of nitrogens with two attached hydrogens (primary N) is 1. The molecular weight excluding hydrogens is 298 g/mol. The van der Waals surface area contributed by atoms with Crippen LogP contribution in [0.3, 0.4) is 0 Å². The second-order valence-corrected chi connectivity index (χ2v) is 6.46. The van der Waals surface area contributed by atoms with Gasteiger partial charge in [-0.15, -0.1) is 0 Å². The van der Waals surface area contributed by atoms with Crippen molar-refractivity contribution < 1.29 is 8.42 Å². The largest absolute Gasteiger partial charge is 0.384 e. The van der Waals surface area contributed by atoms with Crippen molar-refractivity contribution in [2.45, 2.75) is 17.9 Å². The molecule has 2 aromatic rings. The highest BCUT2D eigenvalue weighted by Gasteiger charge is 2.18. The minimum absolute atomic E-state index is 0.0887. The van der Waals surface area contributed by atoms with E-state index in [9.17, 15) is 8.42 Å². The van der Waals surface area contributed by atoms with Crippen LogP contribution in [0.25, 0.3) is 0 Å². The van der Waals surface area contributed by atoms with E-state index in [1.807, 2.05) is 0 Å². The van der Waals surface area contributed by atoms with Gasteiger partial charge in [-0.1, -0.05) is 23.7 Å². The second-order valence-electron chi connectivity index (χ2n) is 4.31. The van der Waals surface area contributed by atoms with Crippen LogP contribution in [0.5, 0.6) is 0 Å². The topological polar surface area (TPSA) is 85.1 Å². The number of hydrogen-bond donors (Lipinski definition) is 2. The molecule has 0 amide bonds. The van der Waals surface area contributed by atoms with E-state index in [0.29, 0.717) is 5.02 Å². The number of nitrogens with zero attached hydrogens (tertiary/aromatic N) is 1. The summed E-state index contributed by atoms with van der Waals surface area (Å²) in [7, 11) is -3.64. The van der Waals surface area contributed by atoms with Crippen LogP contribution < -0.4 is 10.5 Å². The third-order valence-electron chi connectivity index (χ3n) is 2.76. The maximum absolute atomic E-state index is 12.2. The smallest absolute Gasteiger partial charge is 0.241 e.